The quantitative estimate of drug-likeness (QED) is 0.683. The molecule has 2 rings (SSSR count). The largest absolute Gasteiger partial charge is 0.497 e. The molecule has 0 fully saturated rings. The molecule has 0 atom stereocenters. The van der Waals surface area contributed by atoms with E-state index >= 15 is 0 Å². The van der Waals surface area contributed by atoms with Crippen molar-refractivity contribution in [3.8, 4) is 5.75 Å². The van der Waals surface area contributed by atoms with Crippen LogP contribution >= 0.6 is 11.3 Å². The number of nitrogens with one attached hydrogen (secondary N) is 2. The van der Waals surface area contributed by atoms with Gasteiger partial charge < -0.3 is 20.3 Å². The van der Waals surface area contributed by atoms with Crippen molar-refractivity contribution < 1.29 is 14.3 Å². The van der Waals surface area contributed by atoms with E-state index < -0.39 is 0 Å². The molecule has 0 aliphatic rings. The number of benzene rings is 1. The molecule has 0 saturated carbocycles. The standard InChI is InChI=1S/C19H26N4O3S/c1-4-9-20-18(24)16-13-27-17(22-16)12-23(10-5-2)19(25)21-14-7-6-8-15(11-14)26-3/h6-8,11,13H,4-5,9-10,12H2,1-3H3,(H,20,24)(H,21,25). The number of thiazole rings is 1. The van der Waals surface area contributed by atoms with E-state index in [1.54, 1.807) is 23.5 Å². The number of nitrogens with zero attached hydrogens (tertiary/aromatic N) is 2. The molecule has 27 heavy (non-hydrogen) atoms. The third kappa shape index (κ3) is 6.25. The Morgan fingerprint density at radius 3 is 2.78 bits per heavy atom. The Balaban J connectivity index is 2.02. The molecule has 0 spiro atoms. The summed E-state index contributed by atoms with van der Waals surface area (Å²) in [5.41, 5.74) is 1.06. The highest BCUT2D eigenvalue weighted by Gasteiger charge is 2.17. The highest BCUT2D eigenvalue weighted by atomic mass is 32.1. The second-order valence-electron chi connectivity index (χ2n) is 5.97. The molecular formula is C19H26N4O3S. The second kappa shape index (κ2) is 10.5. The third-order valence-electron chi connectivity index (χ3n) is 3.75. The van der Waals surface area contributed by atoms with Crippen LogP contribution in [-0.4, -0.2) is 42.0 Å². The zero-order valence-corrected chi connectivity index (χ0v) is 16.8. The number of urea groups is 1. The van der Waals surface area contributed by atoms with E-state index in [-0.39, 0.29) is 11.9 Å². The van der Waals surface area contributed by atoms with Crippen molar-refractivity contribution in [3.05, 3.63) is 40.3 Å². The SMILES string of the molecule is CCCNC(=O)c1csc(CN(CCC)C(=O)Nc2cccc(OC)c2)n1. The minimum absolute atomic E-state index is 0.178. The maximum Gasteiger partial charge on any atom is 0.322 e. The van der Waals surface area contributed by atoms with Crippen LogP contribution in [0.25, 0.3) is 0 Å². The number of anilines is 1. The number of hydrogen-bond acceptors (Lipinski definition) is 5. The fourth-order valence-corrected chi connectivity index (χ4v) is 3.19. The third-order valence-corrected chi connectivity index (χ3v) is 4.58. The number of carbonyl (C=O) groups is 2. The van der Waals surface area contributed by atoms with Gasteiger partial charge in [-0.1, -0.05) is 19.9 Å². The van der Waals surface area contributed by atoms with E-state index in [0.717, 1.165) is 17.8 Å². The number of carbonyl (C=O) groups excluding carboxylic acids is 2. The second-order valence-corrected chi connectivity index (χ2v) is 6.91. The van der Waals surface area contributed by atoms with Gasteiger partial charge in [0.05, 0.1) is 13.7 Å². The van der Waals surface area contributed by atoms with E-state index in [1.165, 1.54) is 11.3 Å². The van der Waals surface area contributed by atoms with Crippen LogP contribution in [0.3, 0.4) is 0 Å². The summed E-state index contributed by atoms with van der Waals surface area (Å²) in [7, 11) is 1.58. The maximum absolute atomic E-state index is 12.7. The lowest BCUT2D eigenvalue weighted by molar-refractivity contribution is 0.0949. The first kappa shape index (κ1) is 20.7. The summed E-state index contributed by atoms with van der Waals surface area (Å²) < 4.78 is 5.18. The molecule has 1 heterocycles. The summed E-state index contributed by atoms with van der Waals surface area (Å²) in [6.07, 6.45) is 1.69. The molecule has 1 aromatic carbocycles. The number of amides is 3. The minimum Gasteiger partial charge on any atom is -0.497 e. The van der Waals surface area contributed by atoms with Crippen LogP contribution in [0.15, 0.2) is 29.6 Å². The first-order valence-corrected chi connectivity index (χ1v) is 9.87. The first-order valence-electron chi connectivity index (χ1n) is 9.00. The van der Waals surface area contributed by atoms with Gasteiger partial charge in [0.15, 0.2) is 0 Å². The number of methoxy groups -OCH3 is 1. The monoisotopic (exact) mass is 390 g/mol. The number of rotatable bonds is 9. The van der Waals surface area contributed by atoms with E-state index in [1.807, 2.05) is 32.0 Å². The van der Waals surface area contributed by atoms with Gasteiger partial charge in [0.2, 0.25) is 0 Å². The smallest absolute Gasteiger partial charge is 0.322 e. The van der Waals surface area contributed by atoms with Crippen LogP contribution in [0.1, 0.15) is 42.2 Å². The predicted octanol–water partition coefficient (Wildman–Crippen LogP) is 3.74. The van der Waals surface area contributed by atoms with E-state index in [4.69, 9.17) is 4.74 Å². The van der Waals surface area contributed by atoms with Gasteiger partial charge in [-0.05, 0) is 25.0 Å². The zero-order chi connectivity index (χ0) is 19.6. The summed E-state index contributed by atoms with van der Waals surface area (Å²) >= 11 is 1.38. The summed E-state index contributed by atoms with van der Waals surface area (Å²) in [5, 5.41) is 8.15. The molecule has 0 radical (unpaired) electrons. The fraction of sp³-hybridized carbons (Fsp3) is 0.421. The topological polar surface area (TPSA) is 83.6 Å². The van der Waals surface area contributed by atoms with Crippen LogP contribution in [0, 0.1) is 0 Å². The highest BCUT2D eigenvalue weighted by molar-refractivity contribution is 7.09. The Morgan fingerprint density at radius 1 is 1.26 bits per heavy atom. The zero-order valence-electron chi connectivity index (χ0n) is 15.9. The summed E-state index contributed by atoms with van der Waals surface area (Å²) in [6.45, 7) is 5.58. The molecule has 8 heteroatoms. The lowest BCUT2D eigenvalue weighted by Crippen LogP contribution is -2.35. The van der Waals surface area contributed by atoms with Crippen molar-refractivity contribution in [1.29, 1.82) is 0 Å². The van der Waals surface area contributed by atoms with Crippen LogP contribution in [-0.2, 0) is 6.54 Å². The van der Waals surface area contributed by atoms with E-state index in [9.17, 15) is 9.59 Å². The molecule has 2 aromatic rings. The van der Waals surface area contributed by atoms with E-state index in [0.29, 0.717) is 36.8 Å². The van der Waals surface area contributed by atoms with Gasteiger partial charge in [0.1, 0.15) is 16.5 Å². The maximum atomic E-state index is 12.7. The average Bonchev–Trinajstić information content (AvgIpc) is 3.14. The Kier molecular flexibility index (Phi) is 8.06. The normalized spacial score (nSPS) is 10.3. The van der Waals surface area contributed by atoms with Crippen LogP contribution in [0.4, 0.5) is 10.5 Å². The molecule has 0 aliphatic carbocycles. The molecule has 0 aliphatic heterocycles. The molecule has 146 valence electrons. The Hall–Kier alpha value is -2.61. The van der Waals surface area contributed by atoms with Crippen molar-refractivity contribution in [3.63, 3.8) is 0 Å². The van der Waals surface area contributed by atoms with Crippen molar-refractivity contribution in [2.75, 3.05) is 25.5 Å². The lowest BCUT2D eigenvalue weighted by atomic mass is 10.3. The Morgan fingerprint density at radius 2 is 2.07 bits per heavy atom. The number of hydrogen-bond donors (Lipinski definition) is 2. The molecule has 3 amide bonds. The first-order chi connectivity index (χ1) is 13.1. The van der Waals surface area contributed by atoms with Crippen molar-refractivity contribution >= 4 is 29.0 Å². The molecule has 0 unspecified atom stereocenters. The van der Waals surface area contributed by atoms with Gasteiger partial charge in [-0.25, -0.2) is 9.78 Å². The predicted molar refractivity (Wildman–Crippen MR) is 107 cm³/mol. The van der Waals surface area contributed by atoms with Gasteiger partial charge in [-0.2, -0.15) is 0 Å². The fourth-order valence-electron chi connectivity index (χ4n) is 2.41. The lowest BCUT2D eigenvalue weighted by Gasteiger charge is -2.21. The van der Waals surface area contributed by atoms with Gasteiger partial charge in [-0.15, -0.1) is 11.3 Å². The van der Waals surface area contributed by atoms with Crippen LogP contribution < -0.4 is 15.4 Å². The molecule has 0 bridgehead atoms. The highest BCUT2D eigenvalue weighted by Crippen LogP contribution is 2.18. The molecule has 0 saturated heterocycles. The van der Waals surface area contributed by atoms with Crippen molar-refractivity contribution in [2.45, 2.75) is 33.2 Å². The molecular weight excluding hydrogens is 364 g/mol. The summed E-state index contributed by atoms with van der Waals surface area (Å²) in [4.78, 5) is 30.7. The van der Waals surface area contributed by atoms with Gasteiger partial charge in [0, 0.05) is 30.2 Å². The summed E-state index contributed by atoms with van der Waals surface area (Å²) in [5.74, 6) is 0.500. The minimum atomic E-state index is -0.211. The Bertz CT molecular complexity index is 763. The summed E-state index contributed by atoms with van der Waals surface area (Å²) in [6, 6.07) is 7.00. The number of aromatic nitrogens is 1. The van der Waals surface area contributed by atoms with Gasteiger partial charge in [0.25, 0.3) is 5.91 Å². The van der Waals surface area contributed by atoms with Crippen molar-refractivity contribution in [2.24, 2.45) is 0 Å². The number of ether oxygens (including phenoxy) is 1. The van der Waals surface area contributed by atoms with Crippen LogP contribution in [0.5, 0.6) is 5.75 Å². The molecule has 2 N–H and O–H groups in total. The van der Waals surface area contributed by atoms with Gasteiger partial charge in [-0.3, -0.25) is 4.79 Å². The molecule has 1 aromatic heterocycles. The average molecular weight is 391 g/mol. The van der Waals surface area contributed by atoms with Crippen molar-refractivity contribution in [1.82, 2.24) is 15.2 Å². The van der Waals surface area contributed by atoms with E-state index in [2.05, 4.69) is 15.6 Å². The Labute approximate surface area is 163 Å². The molecule has 7 nitrogen and oxygen atoms in total. The van der Waals surface area contributed by atoms with Gasteiger partial charge >= 0.3 is 6.03 Å². The van der Waals surface area contributed by atoms with Crippen LogP contribution in [0.2, 0.25) is 0 Å².